The summed E-state index contributed by atoms with van der Waals surface area (Å²) in [6.07, 6.45) is 0.567. The van der Waals surface area contributed by atoms with E-state index in [1.165, 1.54) is 0 Å². The van der Waals surface area contributed by atoms with E-state index in [-0.39, 0.29) is 18.6 Å². The van der Waals surface area contributed by atoms with Gasteiger partial charge >= 0.3 is 5.97 Å². The van der Waals surface area contributed by atoms with E-state index in [4.69, 9.17) is 4.74 Å². The van der Waals surface area contributed by atoms with Crippen molar-refractivity contribution < 1.29 is 18.4 Å². The van der Waals surface area contributed by atoms with E-state index in [0.717, 1.165) is 25.1 Å². The summed E-state index contributed by atoms with van der Waals surface area (Å²) >= 11 is 0. The second-order valence-corrected chi connectivity index (χ2v) is 5.64. The predicted octanol–water partition coefficient (Wildman–Crippen LogP) is 2.06. The SMILES string of the molecule is O=C(OCc1ccccc1)[C@@H]1C[C@@H](F)C[N+]12CCC2. The van der Waals surface area contributed by atoms with Gasteiger partial charge in [-0.3, -0.25) is 0 Å². The van der Waals surface area contributed by atoms with Gasteiger partial charge in [-0.1, -0.05) is 30.3 Å². The van der Waals surface area contributed by atoms with Crippen molar-refractivity contribution >= 4 is 5.97 Å². The summed E-state index contributed by atoms with van der Waals surface area (Å²) < 4.78 is 19.6. The first-order chi connectivity index (χ1) is 9.20. The molecule has 0 unspecified atom stereocenters. The third kappa shape index (κ3) is 2.37. The number of benzene rings is 1. The van der Waals surface area contributed by atoms with E-state index in [0.29, 0.717) is 17.4 Å². The molecular formula is C15H19FNO2+. The quantitative estimate of drug-likeness (QED) is 0.617. The maximum absolute atomic E-state index is 13.6. The molecule has 2 atom stereocenters. The van der Waals surface area contributed by atoms with Gasteiger partial charge in [-0.15, -0.1) is 0 Å². The number of carbonyl (C=O) groups excluding carboxylic acids is 1. The van der Waals surface area contributed by atoms with Gasteiger partial charge in [0.05, 0.1) is 13.1 Å². The van der Waals surface area contributed by atoms with Crippen molar-refractivity contribution in [2.75, 3.05) is 19.6 Å². The molecule has 0 bridgehead atoms. The maximum atomic E-state index is 13.6. The van der Waals surface area contributed by atoms with Crippen LogP contribution in [0.15, 0.2) is 30.3 Å². The first kappa shape index (κ1) is 12.6. The highest BCUT2D eigenvalue weighted by Gasteiger charge is 2.55. The molecule has 0 amide bonds. The van der Waals surface area contributed by atoms with Crippen LogP contribution >= 0.6 is 0 Å². The minimum atomic E-state index is -0.852. The maximum Gasteiger partial charge on any atom is 0.365 e. The lowest BCUT2D eigenvalue weighted by Crippen LogP contribution is -2.63. The fraction of sp³-hybridized carbons (Fsp3) is 0.533. The van der Waals surface area contributed by atoms with Crippen LogP contribution in [0.3, 0.4) is 0 Å². The van der Waals surface area contributed by atoms with Crippen LogP contribution in [0.1, 0.15) is 18.4 Å². The molecule has 3 rings (SSSR count). The number of nitrogens with zero attached hydrogens (tertiary/aromatic N) is 1. The average Bonchev–Trinajstić information content (AvgIpc) is 2.75. The number of halogens is 1. The molecule has 3 nitrogen and oxygen atoms in total. The van der Waals surface area contributed by atoms with E-state index in [2.05, 4.69) is 0 Å². The first-order valence-corrected chi connectivity index (χ1v) is 6.90. The standard InChI is InChI=1S/C15H19FNO2/c16-13-9-14(17(10-13)7-4-8-17)15(18)19-11-12-5-2-1-3-6-12/h1-3,5-6,13-14H,4,7-11H2/q+1/t13-,14+/m1/s1. The molecule has 2 fully saturated rings. The molecule has 0 saturated carbocycles. The Labute approximate surface area is 112 Å². The van der Waals surface area contributed by atoms with E-state index in [1.807, 2.05) is 30.3 Å². The van der Waals surface area contributed by atoms with Crippen LogP contribution in [0.25, 0.3) is 0 Å². The van der Waals surface area contributed by atoms with Crippen LogP contribution in [-0.2, 0) is 16.1 Å². The van der Waals surface area contributed by atoms with Gasteiger partial charge in [-0.25, -0.2) is 9.18 Å². The fourth-order valence-corrected chi connectivity index (χ4v) is 3.27. The van der Waals surface area contributed by atoms with Crippen LogP contribution < -0.4 is 0 Å². The highest BCUT2D eigenvalue weighted by Crippen LogP contribution is 2.36. The highest BCUT2D eigenvalue weighted by atomic mass is 19.1. The Kier molecular flexibility index (Phi) is 3.27. The second-order valence-electron chi connectivity index (χ2n) is 5.64. The molecule has 1 spiro atoms. The number of quaternary nitrogens is 1. The minimum absolute atomic E-state index is 0.233. The van der Waals surface area contributed by atoms with Gasteiger partial charge in [0.2, 0.25) is 0 Å². The number of ether oxygens (including phenoxy) is 1. The Morgan fingerprint density at radius 1 is 1.32 bits per heavy atom. The Bertz CT molecular complexity index is 458. The van der Waals surface area contributed by atoms with E-state index >= 15 is 0 Å². The number of hydrogen-bond acceptors (Lipinski definition) is 2. The van der Waals surface area contributed by atoms with Gasteiger partial charge in [0.1, 0.15) is 13.2 Å². The normalized spacial score (nSPS) is 28.1. The minimum Gasteiger partial charge on any atom is -0.456 e. The van der Waals surface area contributed by atoms with Gasteiger partial charge in [-0.2, -0.15) is 0 Å². The summed E-state index contributed by atoms with van der Waals surface area (Å²) in [7, 11) is 0. The Morgan fingerprint density at radius 3 is 2.68 bits per heavy atom. The molecular weight excluding hydrogens is 245 g/mol. The second kappa shape index (κ2) is 4.93. The predicted molar refractivity (Wildman–Crippen MR) is 69.0 cm³/mol. The summed E-state index contributed by atoms with van der Waals surface area (Å²) in [5.74, 6) is -0.233. The van der Waals surface area contributed by atoms with Gasteiger partial charge in [0.15, 0.2) is 12.2 Å². The number of carbonyl (C=O) groups is 1. The third-order valence-corrected chi connectivity index (χ3v) is 4.40. The van der Waals surface area contributed by atoms with Crippen LogP contribution in [0.5, 0.6) is 0 Å². The smallest absolute Gasteiger partial charge is 0.365 e. The molecule has 1 aromatic rings. The van der Waals surface area contributed by atoms with Crippen molar-refractivity contribution in [3.05, 3.63) is 35.9 Å². The summed E-state index contributed by atoms with van der Waals surface area (Å²) in [5.41, 5.74) is 0.973. The molecule has 0 radical (unpaired) electrons. The zero-order chi connectivity index (χ0) is 13.3. The van der Waals surface area contributed by atoms with Crippen LogP contribution in [0.2, 0.25) is 0 Å². The van der Waals surface area contributed by atoms with Gasteiger partial charge in [-0.05, 0) is 5.56 Å². The Balaban J connectivity index is 1.61. The number of alkyl halides is 1. The average molecular weight is 264 g/mol. The zero-order valence-corrected chi connectivity index (χ0v) is 10.9. The van der Waals surface area contributed by atoms with E-state index in [1.54, 1.807) is 0 Å². The van der Waals surface area contributed by atoms with Crippen molar-refractivity contribution in [2.24, 2.45) is 0 Å². The number of rotatable bonds is 3. The van der Waals surface area contributed by atoms with Crippen molar-refractivity contribution in [1.29, 1.82) is 0 Å². The third-order valence-electron chi connectivity index (χ3n) is 4.40. The van der Waals surface area contributed by atoms with E-state index in [9.17, 15) is 9.18 Å². The molecule has 102 valence electrons. The van der Waals surface area contributed by atoms with Crippen LogP contribution in [-0.4, -0.2) is 42.3 Å². The zero-order valence-electron chi connectivity index (χ0n) is 10.9. The first-order valence-electron chi connectivity index (χ1n) is 6.90. The van der Waals surface area contributed by atoms with Crippen LogP contribution in [0, 0.1) is 0 Å². The molecule has 2 heterocycles. The fourth-order valence-electron chi connectivity index (χ4n) is 3.27. The molecule has 19 heavy (non-hydrogen) atoms. The van der Waals surface area contributed by atoms with Gasteiger partial charge < -0.3 is 9.22 Å². The summed E-state index contributed by atoms with van der Waals surface area (Å²) in [6.45, 7) is 2.62. The van der Waals surface area contributed by atoms with Crippen LogP contribution in [0.4, 0.5) is 4.39 Å². The summed E-state index contributed by atoms with van der Waals surface area (Å²) in [6, 6.07) is 9.32. The molecule has 0 aromatic heterocycles. The lowest BCUT2D eigenvalue weighted by molar-refractivity contribution is -0.967. The summed E-state index contributed by atoms with van der Waals surface area (Å²) in [4.78, 5) is 12.2. The molecule has 2 saturated heterocycles. The largest absolute Gasteiger partial charge is 0.456 e. The van der Waals surface area contributed by atoms with Crippen molar-refractivity contribution in [1.82, 2.24) is 0 Å². The lowest BCUT2D eigenvalue weighted by atomic mass is 10.1. The molecule has 2 aliphatic heterocycles. The van der Waals surface area contributed by atoms with Crippen molar-refractivity contribution in [3.8, 4) is 0 Å². The molecule has 1 aromatic carbocycles. The number of esters is 1. The van der Waals surface area contributed by atoms with Crippen molar-refractivity contribution in [2.45, 2.75) is 31.7 Å². The highest BCUT2D eigenvalue weighted by molar-refractivity contribution is 5.75. The van der Waals surface area contributed by atoms with E-state index < -0.39 is 6.17 Å². The van der Waals surface area contributed by atoms with Crippen molar-refractivity contribution in [3.63, 3.8) is 0 Å². The monoisotopic (exact) mass is 264 g/mol. The Hall–Kier alpha value is -1.42. The molecule has 0 N–H and O–H groups in total. The summed E-state index contributed by atoms with van der Waals surface area (Å²) in [5, 5.41) is 0. The Morgan fingerprint density at radius 2 is 2.05 bits per heavy atom. The van der Waals surface area contributed by atoms with Gasteiger partial charge in [0.25, 0.3) is 0 Å². The van der Waals surface area contributed by atoms with Gasteiger partial charge in [0, 0.05) is 12.8 Å². The topological polar surface area (TPSA) is 26.3 Å². The lowest BCUT2D eigenvalue weighted by Gasteiger charge is -2.45. The molecule has 2 aliphatic rings. The number of hydrogen-bond donors (Lipinski definition) is 0. The molecule has 4 heteroatoms. The molecule has 0 aliphatic carbocycles.